The Bertz CT molecular complexity index is 1760. The van der Waals surface area contributed by atoms with Gasteiger partial charge >= 0.3 is 0 Å². The average Bonchev–Trinajstić information content (AvgIpc) is 3.60. The van der Waals surface area contributed by atoms with Gasteiger partial charge in [0.05, 0.1) is 28.8 Å². The zero-order valence-electron chi connectivity index (χ0n) is 20.6. The fourth-order valence-electron chi connectivity index (χ4n) is 4.42. The van der Waals surface area contributed by atoms with E-state index >= 15 is 0 Å². The largest absolute Gasteiger partial charge is 0.353 e. The number of aromatic amines is 2. The fraction of sp³-hybridized carbons (Fsp3) is 0.185. The highest BCUT2D eigenvalue weighted by atomic mass is 16.1. The van der Waals surface area contributed by atoms with Crippen molar-refractivity contribution in [1.29, 1.82) is 0 Å². The van der Waals surface area contributed by atoms with Crippen molar-refractivity contribution < 1.29 is 4.79 Å². The highest BCUT2D eigenvalue weighted by Crippen LogP contribution is 2.32. The monoisotopic (exact) mass is 491 g/mol. The second-order valence-electron chi connectivity index (χ2n) is 9.50. The molecular formula is C27H25N9O. The normalized spacial score (nSPS) is 11.6. The van der Waals surface area contributed by atoms with Crippen molar-refractivity contribution >= 4 is 33.5 Å². The van der Waals surface area contributed by atoms with Gasteiger partial charge in [0, 0.05) is 53.1 Å². The summed E-state index contributed by atoms with van der Waals surface area (Å²) < 4.78 is 1.91. The Balaban J connectivity index is 1.38. The second-order valence-corrected chi connectivity index (χ2v) is 9.50. The number of rotatable bonds is 6. The maximum Gasteiger partial charge on any atom is 0.224 e. The number of nitrogens with one attached hydrogen (secondary N) is 3. The van der Waals surface area contributed by atoms with Crippen molar-refractivity contribution in [3.63, 3.8) is 0 Å². The zero-order chi connectivity index (χ0) is 25.5. The lowest BCUT2D eigenvalue weighted by atomic mass is 10.1. The standard InChI is InChI=1S/C27H25N9O/c1-15(2)6-24(37)32-19-7-17(10-28-12-19)18-8-21-25(34-35-26(21)30-11-18)23-9-20-22(33-23)4-5-29-27(20)36-13-16(3)31-14-36/h4-5,7-15,33H,6H2,1-3H3,(H,32,37)(H,30,34,35). The number of hydrogen-bond acceptors (Lipinski definition) is 6. The van der Waals surface area contributed by atoms with Crippen molar-refractivity contribution in [3.8, 4) is 28.3 Å². The summed E-state index contributed by atoms with van der Waals surface area (Å²) in [5, 5.41) is 12.3. The van der Waals surface area contributed by atoms with E-state index in [2.05, 4.69) is 40.4 Å². The van der Waals surface area contributed by atoms with Crippen molar-refractivity contribution in [3.05, 3.63) is 67.3 Å². The first-order valence-electron chi connectivity index (χ1n) is 12.0. The number of carbonyl (C=O) groups is 1. The SMILES string of the molecule is Cc1cn(-c2nccc3[nH]c(-c4n[nH]c5ncc(-c6cncc(NC(=O)CC(C)C)c6)cc45)cc23)cn1. The zero-order valence-corrected chi connectivity index (χ0v) is 20.6. The van der Waals surface area contributed by atoms with Crippen LogP contribution in [0.5, 0.6) is 0 Å². The fourth-order valence-corrected chi connectivity index (χ4v) is 4.42. The number of amides is 1. The summed E-state index contributed by atoms with van der Waals surface area (Å²) >= 11 is 0. The molecule has 0 unspecified atom stereocenters. The molecule has 184 valence electrons. The maximum atomic E-state index is 12.2. The van der Waals surface area contributed by atoms with Gasteiger partial charge in [-0.15, -0.1) is 0 Å². The predicted molar refractivity (Wildman–Crippen MR) is 142 cm³/mol. The Morgan fingerprint density at radius 3 is 2.73 bits per heavy atom. The number of aromatic nitrogens is 8. The molecule has 0 saturated carbocycles. The van der Waals surface area contributed by atoms with Gasteiger partial charge in [-0.3, -0.25) is 19.4 Å². The van der Waals surface area contributed by atoms with E-state index in [4.69, 9.17) is 0 Å². The highest BCUT2D eigenvalue weighted by Gasteiger charge is 2.16. The lowest BCUT2D eigenvalue weighted by molar-refractivity contribution is -0.116. The minimum atomic E-state index is -0.0295. The smallest absolute Gasteiger partial charge is 0.224 e. The number of aryl methyl sites for hydroxylation is 1. The summed E-state index contributed by atoms with van der Waals surface area (Å²) in [4.78, 5) is 33.5. The molecule has 6 heterocycles. The number of fused-ring (bicyclic) bond motifs is 2. The molecule has 0 atom stereocenters. The van der Waals surface area contributed by atoms with Crippen LogP contribution in [0, 0.1) is 12.8 Å². The molecule has 0 aliphatic carbocycles. The van der Waals surface area contributed by atoms with E-state index < -0.39 is 0 Å². The summed E-state index contributed by atoms with van der Waals surface area (Å²) in [6.07, 6.45) is 11.1. The molecule has 0 aliphatic rings. The molecular weight excluding hydrogens is 466 g/mol. The minimum Gasteiger partial charge on any atom is -0.353 e. The lowest BCUT2D eigenvalue weighted by Crippen LogP contribution is -2.13. The van der Waals surface area contributed by atoms with Gasteiger partial charge < -0.3 is 10.3 Å². The van der Waals surface area contributed by atoms with Crippen LogP contribution in [0.15, 0.2) is 61.6 Å². The second kappa shape index (κ2) is 8.98. The number of H-pyrrole nitrogens is 2. The molecule has 6 rings (SSSR count). The molecule has 37 heavy (non-hydrogen) atoms. The van der Waals surface area contributed by atoms with E-state index in [1.807, 2.05) is 55.8 Å². The van der Waals surface area contributed by atoms with Gasteiger partial charge in [0.15, 0.2) is 5.65 Å². The van der Waals surface area contributed by atoms with Gasteiger partial charge in [-0.1, -0.05) is 13.8 Å². The van der Waals surface area contributed by atoms with Crippen molar-refractivity contribution in [2.45, 2.75) is 27.2 Å². The van der Waals surface area contributed by atoms with Crippen LogP contribution in [0.4, 0.5) is 5.69 Å². The van der Waals surface area contributed by atoms with Crippen molar-refractivity contribution in [2.24, 2.45) is 5.92 Å². The molecule has 0 radical (unpaired) electrons. The van der Waals surface area contributed by atoms with Crippen LogP contribution >= 0.6 is 0 Å². The van der Waals surface area contributed by atoms with Gasteiger partial charge in [0.1, 0.15) is 17.8 Å². The molecule has 3 N–H and O–H groups in total. The minimum absolute atomic E-state index is 0.0295. The Labute approximate surface area is 212 Å². The Kier molecular flexibility index (Phi) is 5.48. The molecule has 0 spiro atoms. The van der Waals surface area contributed by atoms with Gasteiger partial charge in [0.2, 0.25) is 5.91 Å². The lowest BCUT2D eigenvalue weighted by Gasteiger charge is -2.08. The van der Waals surface area contributed by atoms with Gasteiger partial charge in [0.25, 0.3) is 0 Å². The molecule has 0 bridgehead atoms. The van der Waals surface area contributed by atoms with Crippen LogP contribution in [-0.4, -0.2) is 45.6 Å². The first kappa shape index (κ1) is 22.6. The number of nitrogens with zero attached hydrogens (tertiary/aromatic N) is 6. The Morgan fingerprint density at radius 2 is 1.92 bits per heavy atom. The van der Waals surface area contributed by atoms with Crippen LogP contribution in [0.3, 0.4) is 0 Å². The number of anilines is 1. The van der Waals surface area contributed by atoms with Gasteiger partial charge in [-0.25, -0.2) is 15.0 Å². The van der Waals surface area contributed by atoms with Crippen LogP contribution in [0.2, 0.25) is 0 Å². The summed E-state index contributed by atoms with van der Waals surface area (Å²) in [6, 6.07) is 7.92. The average molecular weight is 492 g/mol. The van der Waals surface area contributed by atoms with E-state index in [-0.39, 0.29) is 11.8 Å². The molecule has 0 aromatic carbocycles. The quantitative estimate of drug-likeness (QED) is 0.299. The number of imidazole rings is 1. The molecule has 6 aromatic heterocycles. The first-order valence-corrected chi connectivity index (χ1v) is 12.0. The molecule has 1 amide bonds. The third-order valence-corrected chi connectivity index (χ3v) is 6.10. The topological polar surface area (TPSA) is 130 Å². The molecule has 6 aromatic rings. The van der Waals surface area contributed by atoms with Crippen LogP contribution < -0.4 is 5.32 Å². The van der Waals surface area contributed by atoms with Gasteiger partial charge in [-0.05, 0) is 37.1 Å². The van der Waals surface area contributed by atoms with Crippen LogP contribution in [-0.2, 0) is 4.79 Å². The Hall–Kier alpha value is -4.86. The van der Waals surface area contributed by atoms with E-state index in [9.17, 15) is 4.79 Å². The highest BCUT2D eigenvalue weighted by molar-refractivity contribution is 5.98. The molecule has 10 nitrogen and oxygen atoms in total. The number of hydrogen-bond donors (Lipinski definition) is 3. The van der Waals surface area contributed by atoms with E-state index in [1.54, 1.807) is 31.1 Å². The predicted octanol–water partition coefficient (Wildman–Crippen LogP) is 5.04. The summed E-state index contributed by atoms with van der Waals surface area (Å²) in [6.45, 7) is 5.98. The van der Waals surface area contributed by atoms with Crippen LogP contribution in [0.25, 0.3) is 50.3 Å². The number of carbonyl (C=O) groups excluding carboxylic acids is 1. The van der Waals surface area contributed by atoms with Crippen LogP contribution in [0.1, 0.15) is 26.0 Å². The van der Waals surface area contributed by atoms with Crippen molar-refractivity contribution in [2.75, 3.05) is 5.32 Å². The third kappa shape index (κ3) is 4.33. The van der Waals surface area contributed by atoms with E-state index in [1.165, 1.54) is 0 Å². The van der Waals surface area contributed by atoms with E-state index in [0.717, 1.165) is 50.3 Å². The third-order valence-electron chi connectivity index (χ3n) is 6.10. The summed E-state index contributed by atoms with van der Waals surface area (Å²) in [7, 11) is 0. The summed E-state index contributed by atoms with van der Waals surface area (Å²) in [5.41, 5.74) is 6.51. The Morgan fingerprint density at radius 1 is 1.05 bits per heavy atom. The molecule has 0 aliphatic heterocycles. The number of pyridine rings is 3. The first-order chi connectivity index (χ1) is 17.9. The molecule has 0 saturated heterocycles. The van der Waals surface area contributed by atoms with E-state index in [0.29, 0.717) is 17.8 Å². The molecule has 10 heteroatoms. The summed E-state index contributed by atoms with van der Waals surface area (Å²) in [5.74, 6) is 1.04. The molecule has 0 fully saturated rings. The maximum absolute atomic E-state index is 12.2. The van der Waals surface area contributed by atoms with Crippen molar-refractivity contribution in [1.82, 2.24) is 39.7 Å². The van der Waals surface area contributed by atoms with Gasteiger partial charge in [-0.2, -0.15) is 5.10 Å².